The Kier molecular flexibility index (Phi) is 9.36. The summed E-state index contributed by atoms with van der Waals surface area (Å²) in [5, 5.41) is 3.42. The number of nitrogens with one attached hydrogen (secondary N) is 1. The number of hydrogen-bond acceptors (Lipinski definition) is 2. The summed E-state index contributed by atoms with van der Waals surface area (Å²) in [6, 6.07) is 8.74. The van der Waals surface area contributed by atoms with Crippen LogP contribution in [-0.2, 0) is 4.74 Å². The Morgan fingerprint density at radius 3 is 2.38 bits per heavy atom. The first-order valence-electron chi connectivity index (χ1n) is 8.60. The summed E-state index contributed by atoms with van der Waals surface area (Å²) >= 11 is 0. The summed E-state index contributed by atoms with van der Waals surface area (Å²) in [5.41, 5.74) is 2.59. The smallest absolute Gasteiger partial charge is 0.0949 e. The third-order valence-electron chi connectivity index (χ3n) is 4.11. The van der Waals surface area contributed by atoms with E-state index in [9.17, 15) is 0 Å². The van der Waals surface area contributed by atoms with E-state index in [1.807, 2.05) is 0 Å². The van der Waals surface area contributed by atoms with E-state index in [1.54, 1.807) is 0 Å². The zero-order chi connectivity index (χ0) is 15.5. The molecule has 0 spiro atoms. The molecule has 0 saturated carbocycles. The number of rotatable bonds is 11. The molecule has 2 heteroatoms. The van der Waals surface area contributed by atoms with Crippen molar-refractivity contribution in [2.75, 3.05) is 19.7 Å². The summed E-state index contributed by atoms with van der Waals surface area (Å²) in [7, 11) is 0. The molecule has 0 aromatic heterocycles. The zero-order valence-electron chi connectivity index (χ0n) is 14.3. The predicted octanol–water partition coefficient (Wildman–Crippen LogP) is 4.88. The predicted molar refractivity (Wildman–Crippen MR) is 91.7 cm³/mol. The van der Waals surface area contributed by atoms with Crippen LogP contribution in [0.4, 0.5) is 0 Å². The Hall–Kier alpha value is -0.860. The minimum Gasteiger partial charge on any atom is -0.372 e. The van der Waals surface area contributed by atoms with E-state index in [2.05, 4.69) is 57.3 Å². The van der Waals surface area contributed by atoms with Crippen molar-refractivity contribution in [2.24, 2.45) is 5.92 Å². The van der Waals surface area contributed by atoms with E-state index in [-0.39, 0.29) is 6.10 Å². The van der Waals surface area contributed by atoms with Crippen LogP contribution in [0.3, 0.4) is 0 Å². The minimum absolute atomic E-state index is 0.168. The van der Waals surface area contributed by atoms with Gasteiger partial charge in [0.15, 0.2) is 0 Å². The van der Waals surface area contributed by atoms with Crippen molar-refractivity contribution in [3.05, 3.63) is 35.4 Å². The van der Waals surface area contributed by atoms with Gasteiger partial charge in [0.2, 0.25) is 0 Å². The molecule has 0 aliphatic rings. The molecule has 1 aromatic carbocycles. The van der Waals surface area contributed by atoms with Gasteiger partial charge in [-0.1, -0.05) is 69.9 Å². The van der Waals surface area contributed by atoms with Gasteiger partial charge in [0.1, 0.15) is 0 Å². The van der Waals surface area contributed by atoms with Crippen LogP contribution in [0.1, 0.15) is 63.7 Å². The first-order valence-corrected chi connectivity index (χ1v) is 8.60. The van der Waals surface area contributed by atoms with Gasteiger partial charge in [0, 0.05) is 6.54 Å². The van der Waals surface area contributed by atoms with Crippen LogP contribution in [0.5, 0.6) is 0 Å². The van der Waals surface area contributed by atoms with Gasteiger partial charge in [-0.3, -0.25) is 0 Å². The van der Waals surface area contributed by atoms with Gasteiger partial charge >= 0.3 is 0 Å². The lowest BCUT2D eigenvalue weighted by Crippen LogP contribution is -2.25. The molecule has 120 valence electrons. The fraction of sp³-hybridized carbons (Fsp3) is 0.684. The zero-order valence-corrected chi connectivity index (χ0v) is 14.3. The van der Waals surface area contributed by atoms with Crippen LogP contribution in [0.25, 0.3) is 0 Å². The Bertz CT molecular complexity index is 360. The lowest BCUT2D eigenvalue weighted by molar-refractivity contribution is 0.0252. The summed E-state index contributed by atoms with van der Waals surface area (Å²) in [5.74, 6) is 0.694. The fourth-order valence-corrected chi connectivity index (χ4v) is 2.48. The van der Waals surface area contributed by atoms with E-state index >= 15 is 0 Å². The summed E-state index contributed by atoms with van der Waals surface area (Å²) in [6.07, 6.45) is 5.25. The van der Waals surface area contributed by atoms with Crippen molar-refractivity contribution >= 4 is 0 Å². The van der Waals surface area contributed by atoms with Gasteiger partial charge in [-0.25, -0.2) is 0 Å². The van der Waals surface area contributed by atoms with E-state index in [1.165, 1.54) is 36.8 Å². The van der Waals surface area contributed by atoms with E-state index in [4.69, 9.17) is 4.74 Å². The Morgan fingerprint density at radius 1 is 1.10 bits per heavy atom. The van der Waals surface area contributed by atoms with Gasteiger partial charge < -0.3 is 10.1 Å². The molecular formula is C19H33NO. The maximum atomic E-state index is 6.26. The largest absolute Gasteiger partial charge is 0.372 e. The maximum absolute atomic E-state index is 6.26. The van der Waals surface area contributed by atoms with Crippen LogP contribution in [0.15, 0.2) is 24.3 Å². The minimum atomic E-state index is 0.168. The van der Waals surface area contributed by atoms with Gasteiger partial charge in [-0.15, -0.1) is 0 Å². The van der Waals surface area contributed by atoms with Crippen LogP contribution < -0.4 is 5.32 Å². The first kappa shape index (κ1) is 18.2. The van der Waals surface area contributed by atoms with E-state index in [0.717, 1.165) is 19.7 Å². The van der Waals surface area contributed by atoms with Crippen molar-refractivity contribution in [3.63, 3.8) is 0 Å². The standard InChI is InChI=1S/C19H33NO/c1-5-8-9-17(6-2)15-21-19(14-20-7-3)18-12-10-16(4)11-13-18/h10-13,17,19-20H,5-9,14-15H2,1-4H3. The Balaban J connectivity index is 2.58. The molecule has 2 atom stereocenters. The topological polar surface area (TPSA) is 21.3 Å². The molecule has 0 aliphatic heterocycles. The molecule has 0 saturated heterocycles. The van der Waals surface area contributed by atoms with Gasteiger partial charge in [0.25, 0.3) is 0 Å². The Morgan fingerprint density at radius 2 is 1.81 bits per heavy atom. The Labute approximate surface area is 131 Å². The highest BCUT2D eigenvalue weighted by molar-refractivity contribution is 5.23. The normalized spacial score (nSPS) is 14.1. The lowest BCUT2D eigenvalue weighted by atomic mass is 10.00. The van der Waals surface area contributed by atoms with E-state index in [0.29, 0.717) is 5.92 Å². The van der Waals surface area contributed by atoms with Crippen molar-refractivity contribution in [2.45, 2.75) is 59.5 Å². The monoisotopic (exact) mass is 291 g/mol. The molecule has 0 bridgehead atoms. The number of likely N-dealkylation sites (N-methyl/N-ethyl adjacent to an activating group) is 1. The molecule has 0 aliphatic carbocycles. The van der Waals surface area contributed by atoms with Crippen LogP contribution in [0, 0.1) is 12.8 Å². The first-order chi connectivity index (χ1) is 10.2. The van der Waals surface area contributed by atoms with Crippen LogP contribution in [-0.4, -0.2) is 19.7 Å². The molecule has 1 N–H and O–H groups in total. The molecule has 0 radical (unpaired) electrons. The van der Waals surface area contributed by atoms with Gasteiger partial charge in [0.05, 0.1) is 12.7 Å². The average Bonchev–Trinajstić information content (AvgIpc) is 2.51. The number of aryl methyl sites for hydroxylation is 1. The second-order valence-corrected chi connectivity index (χ2v) is 5.96. The maximum Gasteiger partial charge on any atom is 0.0949 e. The second-order valence-electron chi connectivity index (χ2n) is 5.96. The van der Waals surface area contributed by atoms with Crippen molar-refractivity contribution in [1.29, 1.82) is 0 Å². The quantitative estimate of drug-likeness (QED) is 0.627. The summed E-state index contributed by atoms with van der Waals surface area (Å²) in [6.45, 7) is 11.6. The number of unbranched alkanes of at least 4 members (excludes halogenated alkanes) is 1. The van der Waals surface area contributed by atoms with Crippen LogP contribution >= 0.6 is 0 Å². The van der Waals surface area contributed by atoms with Crippen molar-refractivity contribution in [3.8, 4) is 0 Å². The highest BCUT2D eigenvalue weighted by Crippen LogP contribution is 2.21. The molecule has 0 amide bonds. The summed E-state index contributed by atoms with van der Waals surface area (Å²) in [4.78, 5) is 0. The van der Waals surface area contributed by atoms with E-state index < -0.39 is 0 Å². The third-order valence-corrected chi connectivity index (χ3v) is 4.11. The third kappa shape index (κ3) is 7.10. The fourth-order valence-electron chi connectivity index (χ4n) is 2.48. The molecule has 1 aromatic rings. The van der Waals surface area contributed by atoms with Crippen LogP contribution in [0.2, 0.25) is 0 Å². The highest BCUT2D eigenvalue weighted by Gasteiger charge is 2.14. The van der Waals surface area contributed by atoms with Crippen molar-refractivity contribution < 1.29 is 4.74 Å². The molecule has 0 fully saturated rings. The second kappa shape index (κ2) is 10.8. The van der Waals surface area contributed by atoms with Gasteiger partial charge in [-0.05, 0) is 31.4 Å². The molecule has 0 heterocycles. The molecular weight excluding hydrogens is 258 g/mol. The average molecular weight is 291 g/mol. The number of hydrogen-bond donors (Lipinski definition) is 1. The molecule has 1 rings (SSSR count). The molecule has 2 unspecified atom stereocenters. The summed E-state index contributed by atoms with van der Waals surface area (Å²) < 4.78 is 6.26. The number of benzene rings is 1. The number of ether oxygens (including phenoxy) is 1. The molecule has 2 nitrogen and oxygen atoms in total. The highest BCUT2D eigenvalue weighted by atomic mass is 16.5. The van der Waals surface area contributed by atoms with Crippen molar-refractivity contribution in [1.82, 2.24) is 5.32 Å². The van der Waals surface area contributed by atoms with Gasteiger partial charge in [-0.2, -0.15) is 0 Å². The molecule has 21 heavy (non-hydrogen) atoms. The lowest BCUT2D eigenvalue weighted by Gasteiger charge is -2.22. The SMILES string of the molecule is CCCCC(CC)COC(CNCC)c1ccc(C)cc1.